The molecule has 0 heterocycles. The number of methoxy groups -OCH3 is 2. The van der Waals surface area contributed by atoms with Gasteiger partial charge in [0, 0.05) is 22.1 Å². The van der Waals surface area contributed by atoms with Crippen molar-refractivity contribution in [3.63, 3.8) is 0 Å². The lowest BCUT2D eigenvalue weighted by Crippen LogP contribution is -2.39. The highest BCUT2D eigenvalue weighted by Crippen LogP contribution is 2.33. The molecule has 0 aliphatic rings. The molecular formula is C19H20BrClN2O4S. The standard InChI is InChI=1S/C19H20BrClN2O4S/c1-4-27-15-6-5-12(20)8-13(15)18(24)23-19(28)22-10-11-7-16(25-2)17(26-3)9-14(11)21/h5-9H,4,10H2,1-3H3,(H2,22,23,24,28). The molecule has 0 aliphatic carbocycles. The summed E-state index contributed by atoms with van der Waals surface area (Å²) in [6.45, 7) is 2.60. The Balaban J connectivity index is 2.05. The fourth-order valence-electron chi connectivity index (χ4n) is 2.38. The third kappa shape index (κ3) is 5.73. The Morgan fingerprint density at radius 2 is 1.82 bits per heavy atom. The fraction of sp³-hybridized carbons (Fsp3) is 0.263. The maximum Gasteiger partial charge on any atom is 0.261 e. The molecule has 9 heteroatoms. The molecule has 28 heavy (non-hydrogen) atoms. The maximum absolute atomic E-state index is 12.6. The summed E-state index contributed by atoms with van der Waals surface area (Å²) in [5.74, 6) is 1.19. The average Bonchev–Trinajstić information content (AvgIpc) is 2.68. The van der Waals surface area contributed by atoms with Gasteiger partial charge in [0.25, 0.3) is 5.91 Å². The van der Waals surface area contributed by atoms with Gasteiger partial charge in [-0.15, -0.1) is 0 Å². The Bertz CT molecular complexity index is 879. The second-order valence-corrected chi connectivity index (χ2v) is 7.24. The molecule has 2 N–H and O–H groups in total. The molecule has 0 aromatic heterocycles. The largest absolute Gasteiger partial charge is 0.493 e. The Labute approximate surface area is 182 Å². The zero-order chi connectivity index (χ0) is 20.7. The SMILES string of the molecule is CCOc1ccc(Br)cc1C(=O)NC(=S)NCc1cc(OC)c(OC)cc1Cl. The molecule has 0 unspecified atom stereocenters. The molecular weight excluding hydrogens is 468 g/mol. The molecule has 2 aromatic carbocycles. The van der Waals surface area contributed by atoms with Gasteiger partial charge in [-0.1, -0.05) is 27.5 Å². The van der Waals surface area contributed by atoms with Crippen molar-refractivity contribution in [1.29, 1.82) is 0 Å². The van der Waals surface area contributed by atoms with Crippen molar-refractivity contribution in [3.05, 3.63) is 51.0 Å². The minimum absolute atomic E-state index is 0.165. The second-order valence-electron chi connectivity index (χ2n) is 5.51. The minimum atomic E-state index is -0.374. The highest BCUT2D eigenvalue weighted by Gasteiger charge is 2.15. The molecule has 2 aromatic rings. The lowest BCUT2D eigenvalue weighted by molar-refractivity contribution is 0.0973. The molecule has 1 amide bonds. The summed E-state index contributed by atoms with van der Waals surface area (Å²) in [7, 11) is 3.08. The molecule has 0 saturated heterocycles. The van der Waals surface area contributed by atoms with E-state index >= 15 is 0 Å². The Morgan fingerprint density at radius 3 is 2.46 bits per heavy atom. The van der Waals surface area contributed by atoms with Crippen LogP contribution in [0.3, 0.4) is 0 Å². The number of ether oxygens (including phenoxy) is 3. The average molecular weight is 488 g/mol. The van der Waals surface area contributed by atoms with E-state index in [1.165, 1.54) is 7.11 Å². The number of nitrogens with one attached hydrogen (secondary N) is 2. The quantitative estimate of drug-likeness (QED) is 0.567. The molecule has 0 atom stereocenters. The van der Waals surface area contributed by atoms with Crippen LogP contribution in [0, 0.1) is 0 Å². The number of carbonyl (C=O) groups excluding carboxylic acids is 1. The molecule has 0 saturated carbocycles. The van der Waals surface area contributed by atoms with Crippen LogP contribution in [0.4, 0.5) is 0 Å². The van der Waals surface area contributed by atoms with E-state index in [-0.39, 0.29) is 11.0 Å². The lowest BCUT2D eigenvalue weighted by Gasteiger charge is -2.14. The van der Waals surface area contributed by atoms with Crippen molar-refractivity contribution in [2.45, 2.75) is 13.5 Å². The number of halogens is 2. The topological polar surface area (TPSA) is 68.8 Å². The summed E-state index contributed by atoms with van der Waals surface area (Å²) >= 11 is 14.9. The molecule has 150 valence electrons. The van der Waals surface area contributed by atoms with Crippen LogP contribution in [0.15, 0.2) is 34.8 Å². The maximum atomic E-state index is 12.6. The van der Waals surface area contributed by atoms with E-state index in [0.717, 1.165) is 10.0 Å². The monoisotopic (exact) mass is 486 g/mol. The molecule has 0 fully saturated rings. The first-order valence-corrected chi connectivity index (χ1v) is 9.89. The third-order valence-electron chi connectivity index (χ3n) is 3.71. The number of amides is 1. The van der Waals surface area contributed by atoms with Crippen LogP contribution >= 0.6 is 39.7 Å². The van der Waals surface area contributed by atoms with E-state index in [2.05, 4.69) is 26.6 Å². The van der Waals surface area contributed by atoms with Crippen molar-refractivity contribution in [1.82, 2.24) is 10.6 Å². The number of hydrogen-bond donors (Lipinski definition) is 2. The number of rotatable bonds is 7. The van der Waals surface area contributed by atoms with Gasteiger partial charge in [0.1, 0.15) is 5.75 Å². The molecule has 6 nitrogen and oxygen atoms in total. The van der Waals surface area contributed by atoms with Crippen LogP contribution in [0.5, 0.6) is 17.2 Å². The predicted octanol–water partition coefficient (Wildman–Crippen LogP) is 4.32. The summed E-state index contributed by atoms with van der Waals surface area (Å²) in [6, 6.07) is 8.61. The normalized spacial score (nSPS) is 10.2. The fourth-order valence-corrected chi connectivity index (χ4v) is 3.13. The van der Waals surface area contributed by atoms with Gasteiger partial charge in [0.2, 0.25) is 0 Å². The zero-order valence-electron chi connectivity index (χ0n) is 15.6. The summed E-state index contributed by atoms with van der Waals surface area (Å²) in [5.41, 5.74) is 1.12. The van der Waals surface area contributed by atoms with Crippen LogP contribution in [0.2, 0.25) is 5.02 Å². The number of carbonyl (C=O) groups is 1. The van der Waals surface area contributed by atoms with Crippen molar-refractivity contribution in [3.8, 4) is 17.2 Å². The number of benzene rings is 2. The Morgan fingerprint density at radius 1 is 1.14 bits per heavy atom. The van der Waals surface area contributed by atoms with E-state index in [0.29, 0.717) is 41.0 Å². The van der Waals surface area contributed by atoms with Crippen LogP contribution in [0.1, 0.15) is 22.8 Å². The van der Waals surface area contributed by atoms with Gasteiger partial charge in [-0.3, -0.25) is 10.1 Å². The Hall–Kier alpha value is -2.03. The van der Waals surface area contributed by atoms with E-state index < -0.39 is 0 Å². The highest BCUT2D eigenvalue weighted by atomic mass is 79.9. The van der Waals surface area contributed by atoms with Crippen LogP contribution in [-0.2, 0) is 6.54 Å². The van der Waals surface area contributed by atoms with Crippen molar-refractivity contribution in [2.75, 3.05) is 20.8 Å². The van der Waals surface area contributed by atoms with Gasteiger partial charge in [0.05, 0.1) is 26.4 Å². The van der Waals surface area contributed by atoms with Gasteiger partial charge in [-0.25, -0.2) is 0 Å². The van der Waals surface area contributed by atoms with Gasteiger partial charge in [-0.05, 0) is 49.0 Å². The van der Waals surface area contributed by atoms with E-state index in [1.54, 1.807) is 37.4 Å². The van der Waals surface area contributed by atoms with E-state index in [1.807, 2.05) is 6.92 Å². The van der Waals surface area contributed by atoms with Gasteiger partial charge >= 0.3 is 0 Å². The van der Waals surface area contributed by atoms with Crippen LogP contribution in [-0.4, -0.2) is 31.8 Å². The molecule has 2 rings (SSSR count). The first-order valence-electron chi connectivity index (χ1n) is 8.31. The zero-order valence-corrected chi connectivity index (χ0v) is 18.8. The lowest BCUT2D eigenvalue weighted by atomic mass is 10.2. The van der Waals surface area contributed by atoms with E-state index in [9.17, 15) is 4.79 Å². The van der Waals surface area contributed by atoms with Crippen LogP contribution < -0.4 is 24.8 Å². The molecule has 0 spiro atoms. The highest BCUT2D eigenvalue weighted by molar-refractivity contribution is 9.10. The van der Waals surface area contributed by atoms with Crippen LogP contribution in [0.25, 0.3) is 0 Å². The third-order valence-corrected chi connectivity index (χ3v) is 4.80. The van der Waals surface area contributed by atoms with Gasteiger partial charge in [-0.2, -0.15) is 0 Å². The van der Waals surface area contributed by atoms with E-state index in [4.69, 9.17) is 38.0 Å². The Kier molecular flexibility index (Phi) is 8.35. The second kappa shape index (κ2) is 10.5. The first-order chi connectivity index (χ1) is 13.4. The van der Waals surface area contributed by atoms with Crippen molar-refractivity contribution in [2.24, 2.45) is 0 Å². The number of hydrogen-bond acceptors (Lipinski definition) is 5. The number of thiocarbonyl (C=S) groups is 1. The first kappa shape index (κ1) is 22.3. The molecule has 0 aliphatic heterocycles. The summed E-state index contributed by atoms with van der Waals surface area (Å²) in [5, 5.41) is 6.26. The van der Waals surface area contributed by atoms with Crippen molar-refractivity contribution >= 4 is 50.8 Å². The van der Waals surface area contributed by atoms with Gasteiger partial charge in [0.15, 0.2) is 16.6 Å². The molecule has 0 radical (unpaired) electrons. The summed E-state index contributed by atoms with van der Waals surface area (Å²) < 4.78 is 16.7. The summed E-state index contributed by atoms with van der Waals surface area (Å²) in [4.78, 5) is 12.6. The van der Waals surface area contributed by atoms with Crippen molar-refractivity contribution < 1.29 is 19.0 Å². The summed E-state index contributed by atoms with van der Waals surface area (Å²) in [6.07, 6.45) is 0. The predicted molar refractivity (Wildman–Crippen MR) is 117 cm³/mol. The van der Waals surface area contributed by atoms with Gasteiger partial charge < -0.3 is 19.5 Å². The minimum Gasteiger partial charge on any atom is -0.493 e. The molecule has 0 bridgehead atoms. The smallest absolute Gasteiger partial charge is 0.261 e.